The first-order chi connectivity index (χ1) is 15.7. The van der Waals surface area contributed by atoms with E-state index in [9.17, 15) is 14.9 Å². The van der Waals surface area contributed by atoms with Crippen LogP contribution in [0.5, 0.6) is 0 Å². The first-order valence-corrected chi connectivity index (χ1v) is 12.6. The predicted octanol–water partition coefficient (Wildman–Crippen LogP) is 3.77. The molecule has 2 saturated heterocycles. The van der Waals surface area contributed by atoms with Gasteiger partial charge in [0.05, 0.1) is 4.91 Å². The third-order valence-corrected chi connectivity index (χ3v) is 7.59. The Morgan fingerprint density at radius 1 is 1.27 bits per heavy atom. The number of amides is 1. The molecule has 0 radical (unpaired) electrons. The van der Waals surface area contributed by atoms with Crippen molar-refractivity contribution < 1.29 is 9.53 Å². The lowest BCUT2D eigenvalue weighted by molar-refractivity contribution is -0.122. The zero-order chi connectivity index (χ0) is 24.3. The molecule has 0 bridgehead atoms. The van der Waals surface area contributed by atoms with Crippen LogP contribution in [0.2, 0.25) is 0 Å². The molecule has 178 valence electrons. The summed E-state index contributed by atoms with van der Waals surface area (Å²) < 4.78 is 7.30. The van der Waals surface area contributed by atoms with Gasteiger partial charge < -0.3 is 9.64 Å². The van der Waals surface area contributed by atoms with Gasteiger partial charge in [0.25, 0.3) is 11.5 Å². The van der Waals surface area contributed by atoms with Gasteiger partial charge in [-0.3, -0.25) is 19.1 Å². The summed E-state index contributed by atoms with van der Waals surface area (Å²) in [5, 5.41) is 9.74. The fourth-order valence-electron chi connectivity index (χ4n) is 4.80. The second-order valence-corrected chi connectivity index (χ2v) is 10.6. The molecular weight excluding hydrogens is 456 g/mol. The van der Waals surface area contributed by atoms with Crippen LogP contribution in [0.1, 0.15) is 50.3 Å². The number of hydrogen-bond acceptors (Lipinski definition) is 7. The molecule has 0 spiro atoms. The van der Waals surface area contributed by atoms with Gasteiger partial charge in [-0.1, -0.05) is 37.8 Å². The summed E-state index contributed by atoms with van der Waals surface area (Å²) in [6.45, 7) is 11.3. The van der Waals surface area contributed by atoms with E-state index < -0.39 is 0 Å². The molecule has 7 nitrogen and oxygen atoms in total. The van der Waals surface area contributed by atoms with Gasteiger partial charge in [0.1, 0.15) is 21.8 Å². The molecule has 2 aliphatic heterocycles. The smallest absolute Gasteiger partial charge is 0.270 e. The molecule has 1 aromatic heterocycles. The number of aromatic nitrogens is 1. The van der Waals surface area contributed by atoms with Crippen LogP contribution in [0, 0.1) is 30.1 Å². The number of rotatable bonds is 7. The Bertz CT molecular complexity index is 1060. The summed E-state index contributed by atoms with van der Waals surface area (Å²) in [7, 11) is 1.63. The summed E-state index contributed by atoms with van der Waals surface area (Å²) in [6.07, 6.45) is 3.66. The van der Waals surface area contributed by atoms with Gasteiger partial charge in [-0.2, -0.15) is 5.26 Å². The fraction of sp³-hybridized carbons (Fsp3) is 0.583. The number of hydrogen-bond donors (Lipinski definition) is 0. The Hall–Kier alpha value is -2.15. The molecular formula is C24H32N4O3S2. The van der Waals surface area contributed by atoms with E-state index in [0.29, 0.717) is 52.7 Å². The van der Waals surface area contributed by atoms with Crippen molar-refractivity contribution in [2.24, 2.45) is 11.8 Å². The highest BCUT2D eigenvalue weighted by Gasteiger charge is 2.33. The van der Waals surface area contributed by atoms with Crippen molar-refractivity contribution in [1.29, 1.82) is 5.26 Å². The van der Waals surface area contributed by atoms with Crippen LogP contribution in [0.3, 0.4) is 0 Å². The zero-order valence-electron chi connectivity index (χ0n) is 20.0. The second-order valence-electron chi connectivity index (χ2n) is 8.93. The highest BCUT2D eigenvalue weighted by atomic mass is 32.2. The number of ether oxygens (including phenoxy) is 1. The van der Waals surface area contributed by atoms with Crippen LogP contribution in [-0.4, -0.2) is 53.0 Å². The fourth-order valence-corrected chi connectivity index (χ4v) is 6.10. The van der Waals surface area contributed by atoms with Gasteiger partial charge in [-0.15, -0.1) is 0 Å². The molecule has 2 aliphatic rings. The van der Waals surface area contributed by atoms with Crippen molar-refractivity contribution >= 4 is 46.1 Å². The second kappa shape index (κ2) is 10.9. The third-order valence-electron chi connectivity index (χ3n) is 6.21. The van der Waals surface area contributed by atoms with Crippen molar-refractivity contribution in [1.82, 2.24) is 9.47 Å². The van der Waals surface area contributed by atoms with E-state index in [2.05, 4.69) is 24.8 Å². The van der Waals surface area contributed by atoms with Crippen LogP contribution in [-0.2, 0) is 16.1 Å². The number of carbonyl (C=O) groups excluding carboxylic acids is 1. The van der Waals surface area contributed by atoms with E-state index in [1.165, 1.54) is 11.8 Å². The Labute approximate surface area is 205 Å². The number of anilines is 1. The molecule has 0 aromatic carbocycles. The molecule has 3 rings (SSSR count). The van der Waals surface area contributed by atoms with Crippen LogP contribution in [0.15, 0.2) is 9.70 Å². The predicted molar refractivity (Wildman–Crippen MR) is 137 cm³/mol. The van der Waals surface area contributed by atoms with Gasteiger partial charge in [-0.25, -0.2) is 0 Å². The average Bonchev–Trinajstić information content (AvgIpc) is 3.02. The molecule has 0 N–H and O–H groups in total. The topological polar surface area (TPSA) is 78.6 Å². The Balaban J connectivity index is 2.15. The summed E-state index contributed by atoms with van der Waals surface area (Å²) >= 11 is 6.74. The maximum atomic E-state index is 13.2. The molecule has 33 heavy (non-hydrogen) atoms. The summed E-state index contributed by atoms with van der Waals surface area (Å²) in [6, 6.07) is 2.09. The Morgan fingerprint density at radius 2 is 1.94 bits per heavy atom. The minimum atomic E-state index is -0.275. The van der Waals surface area contributed by atoms with Crippen molar-refractivity contribution in [2.75, 3.05) is 38.3 Å². The van der Waals surface area contributed by atoms with E-state index in [1.807, 2.05) is 13.0 Å². The number of pyridine rings is 1. The highest BCUT2D eigenvalue weighted by molar-refractivity contribution is 8.26. The molecule has 1 amide bonds. The molecule has 9 heteroatoms. The Kier molecular flexibility index (Phi) is 8.38. The van der Waals surface area contributed by atoms with Gasteiger partial charge in [-0.05, 0) is 50.2 Å². The molecule has 0 aliphatic carbocycles. The normalized spacial score (nSPS) is 22.4. The maximum absolute atomic E-state index is 13.2. The van der Waals surface area contributed by atoms with Gasteiger partial charge >= 0.3 is 0 Å². The van der Waals surface area contributed by atoms with E-state index in [4.69, 9.17) is 17.0 Å². The van der Waals surface area contributed by atoms with Crippen molar-refractivity contribution in [3.8, 4) is 6.07 Å². The van der Waals surface area contributed by atoms with Crippen LogP contribution in [0.4, 0.5) is 5.82 Å². The summed E-state index contributed by atoms with van der Waals surface area (Å²) in [5.74, 6) is 1.62. The van der Waals surface area contributed by atoms with E-state index in [1.54, 1.807) is 23.5 Å². The quantitative estimate of drug-likeness (QED) is 0.328. The largest absolute Gasteiger partial charge is 0.385 e. The maximum Gasteiger partial charge on any atom is 0.270 e. The molecule has 0 saturated carbocycles. The van der Waals surface area contributed by atoms with Gasteiger partial charge in [0.15, 0.2) is 0 Å². The van der Waals surface area contributed by atoms with Gasteiger partial charge in [0.2, 0.25) is 0 Å². The monoisotopic (exact) mass is 488 g/mol. The lowest BCUT2D eigenvalue weighted by atomic mass is 9.91. The van der Waals surface area contributed by atoms with E-state index in [0.717, 1.165) is 30.9 Å². The number of nitriles is 1. The highest BCUT2D eigenvalue weighted by Crippen LogP contribution is 2.37. The lowest BCUT2D eigenvalue weighted by Gasteiger charge is -2.38. The van der Waals surface area contributed by atoms with Crippen LogP contribution in [0.25, 0.3) is 6.08 Å². The van der Waals surface area contributed by atoms with Crippen molar-refractivity contribution in [3.05, 3.63) is 31.9 Å². The number of methoxy groups -OCH3 is 1. The van der Waals surface area contributed by atoms with Gasteiger partial charge in [0, 0.05) is 45.5 Å². The average molecular weight is 489 g/mol. The zero-order valence-corrected chi connectivity index (χ0v) is 21.6. The number of nitrogens with zero attached hydrogens (tertiary/aromatic N) is 4. The minimum absolute atomic E-state index is 0.125. The molecule has 2 unspecified atom stereocenters. The number of thiocarbonyl (C=S) groups is 1. The minimum Gasteiger partial charge on any atom is -0.385 e. The Morgan fingerprint density at radius 3 is 2.52 bits per heavy atom. The lowest BCUT2D eigenvalue weighted by Crippen LogP contribution is -2.42. The number of carbonyl (C=O) groups is 1. The van der Waals surface area contributed by atoms with Crippen molar-refractivity contribution in [3.63, 3.8) is 0 Å². The molecule has 2 fully saturated rings. The molecule has 2 atom stereocenters. The van der Waals surface area contributed by atoms with E-state index >= 15 is 0 Å². The van der Waals surface area contributed by atoms with Crippen LogP contribution >= 0.6 is 24.0 Å². The number of piperidine rings is 1. The first-order valence-electron chi connectivity index (χ1n) is 11.4. The SMILES string of the molecule is CCn1c(N2CC(C)CC(C)C2)c(/C=C2/SC(=S)N(CCCOC)C2=O)c(C)c(C#N)c1=O. The first kappa shape index (κ1) is 25.5. The van der Waals surface area contributed by atoms with Crippen molar-refractivity contribution in [2.45, 2.75) is 47.1 Å². The standard InChI is InChI=1S/C24H32N4O3S2/c1-6-27-21(26-13-15(2)10-16(3)14-26)18(17(4)19(12-25)22(27)29)11-20-23(30)28(24(32)33-20)8-7-9-31-5/h11,15-16H,6-10,13-14H2,1-5H3/b20-11+. The molecule has 3 heterocycles. The number of thioether (sulfide) groups is 1. The van der Waals surface area contributed by atoms with E-state index in [-0.39, 0.29) is 17.0 Å². The third kappa shape index (κ3) is 5.18. The summed E-state index contributed by atoms with van der Waals surface area (Å²) in [4.78, 5) is 30.7. The molecule has 1 aromatic rings. The van der Waals surface area contributed by atoms with Crippen LogP contribution < -0.4 is 10.5 Å². The summed E-state index contributed by atoms with van der Waals surface area (Å²) in [5.41, 5.74) is 1.22.